The van der Waals surface area contributed by atoms with Crippen LogP contribution in [0.5, 0.6) is 0 Å². The first-order chi connectivity index (χ1) is 14.2. The maximum Gasteiger partial charge on any atom is 0.243 e. The van der Waals surface area contributed by atoms with Gasteiger partial charge in [-0.25, -0.2) is 12.8 Å². The Morgan fingerprint density at radius 3 is 2.30 bits per heavy atom. The average Bonchev–Trinajstić information content (AvgIpc) is 2.74. The molecule has 0 atom stereocenters. The summed E-state index contributed by atoms with van der Waals surface area (Å²) in [6.07, 6.45) is 2.98. The Morgan fingerprint density at radius 2 is 1.67 bits per heavy atom. The fourth-order valence-corrected chi connectivity index (χ4v) is 5.22. The summed E-state index contributed by atoms with van der Waals surface area (Å²) in [6.45, 7) is 5.18. The van der Waals surface area contributed by atoms with Crippen molar-refractivity contribution in [2.24, 2.45) is 0 Å². The summed E-state index contributed by atoms with van der Waals surface area (Å²) in [7, 11) is -3.47. The van der Waals surface area contributed by atoms with E-state index < -0.39 is 15.4 Å². The second-order valence-electron chi connectivity index (χ2n) is 8.43. The number of nitrogens with zero attached hydrogens (tertiary/aromatic N) is 1. The molecular weight excluding hydrogens is 403 g/mol. The second kappa shape index (κ2) is 9.27. The molecule has 162 valence electrons. The van der Waals surface area contributed by atoms with Crippen molar-refractivity contribution in [3.05, 3.63) is 65.5 Å². The maximum atomic E-state index is 14.1. The summed E-state index contributed by atoms with van der Waals surface area (Å²) in [5.74, 6) is -0.478. The SMILES string of the molecule is CC(C)(CNC(=O)Cc1ccc(S(=O)(=O)N2CCCCC2)cc1)c1ccccc1F. The maximum absolute atomic E-state index is 14.1. The van der Waals surface area contributed by atoms with Gasteiger partial charge in [0.1, 0.15) is 5.82 Å². The van der Waals surface area contributed by atoms with Gasteiger partial charge < -0.3 is 5.32 Å². The second-order valence-corrected chi connectivity index (χ2v) is 10.4. The Hall–Kier alpha value is -2.25. The molecule has 0 radical (unpaired) electrons. The molecule has 0 unspecified atom stereocenters. The van der Waals surface area contributed by atoms with Gasteiger partial charge in [-0.2, -0.15) is 4.31 Å². The molecule has 0 saturated carbocycles. The minimum Gasteiger partial charge on any atom is -0.355 e. The number of piperidine rings is 1. The number of halogens is 1. The number of carbonyl (C=O) groups is 1. The zero-order valence-electron chi connectivity index (χ0n) is 17.5. The van der Waals surface area contributed by atoms with E-state index >= 15 is 0 Å². The van der Waals surface area contributed by atoms with Gasteiger partial charge in [0.15, 0.2) is 0 Å². The van der Waals surface area contributed by atoms with Crippen LogP contribution in [0.4, 0.5) is 4.39 Å². The van der Waals surface area contributed by atoms with Crippen LogP contribution in [0.2, 0.25) is 0 Å². The lowest BCUT2D eigenvalue weighted by Crippen LogP contribution is -2.38. The van der Waals surface area contributed by atoms with E-state index in [2.05, 4.69) is 5.32 Å². The number of sulfonamides is 1. The lowest BCUT2D eigenvalue weighted by atomic mass is 9.84. The highest BCUT2D eigenvalue weighted by Crippen LogP contribution is 2.25. The third-order valence-electron chi connectivity index (χ3n) is 5.57. The van der Waals surface area contributed by atoms with E-state index in [9.17, 15) is 17.6 Å². The monoisotopic (exact) mass is 432 g/mol. The van der Waals surface area contributed by atoms with E-state index in [1.165, 1.54) is 10.4 Å². The predicted octanol–water partition coefficient (Wildman–Crippen LogP) is 3.64. The van der Waals surface area contributed by atoms with Gasteiger partial charge in [0.2, 0.25) is 15.9 Å². The molecule has 1 saturated heterocycles. The van der Waals surface area contributed by atoms with Crippen molar-refractivity contribution in [1.82, 2.24) is 9.62 Å². The number of rotatable bonds is 7. The Morgan fingerprint density at radius 1 is 1.03 bits per heavy atom. The van der Waals surface area contributed by atoms with Gasteiger partial charge in [0, 0.05) is 25.0 Å². The van der Waals surface area contributed by atoms with Crippen molar-refractivity contribution in [1.29, 1.82) is 0 Å². The smallest absolute Gasteiger partial charge is 0.243 e. The van der Waals surface area contributed by atoms with Crippen LogP contribution in [0, 0.1) is 5.82 Å². The van der Waals surface area contributed by atoms with Gasteiger partial charge in [-0.1, -0.05) is 50.6 Å². The number of hydrogen-bond donors (Lipinski definition) is 1. The summed E-state index contributed by atoms with van der Waals surface area (Å²) in [5.41, 5.74) is 0.735. The molecule has 7 heteroatoms. The van der Waals surface area contributed by atoms with Gasteiger partial charge in [-0.15, -0.1) is 0 Å². The summed E-state index contributed by atoms with van der Waals surface area (Å²) in [4.78, 5) is 12.6. The number of hydrogen-bond acceptors (Lipinski definition) is 3. The summed E-state index contributed by atoms with van der Waals surface area (Å²) >= 11 is 0. The van der Waals surface area contributed by atoms with E-state index in [0.29, 0.717) is 25.2 Å². The first-order valence-electron chi connectivity index (χ1n) is 10.3. The van der Waals surface area contributed by atoms with E-state index in [-0.39, 0.29) is 23.0 Å². The molecule has 1 fully saturated rings. The molecule has 1 heterocycles. The highest BCUT2D eigenvalue weighted by atomic mass is 32.2. The van der Waals surface area contributed by atoms with E-state index in [4.69, 9.17) is 0 Å². The normalized spacial score (nSPS) is 15.7. The lowest BCUT2D eigenvalue weighted by Gasteiger charge is -2.26. The van der Waals surface area contributed by atoms with Crippen LogP contribution in [-0.2, 0) is 26.7 Å². The first-order valence-corrected chi connectivity index (χ1v) is 11.7. The molecule has 5 nitrogen and oxygen atoms in total. The van der Waals surface area contributed by atoms with Crippen molar-refractivity contribution in [3.63, 3.8) is 0 Å². The average molecular weight is 433 g/mol. The molecule has 3 rings (SSSR count). The van der Waals surface area contributed by atoms with Gasteiger partial charge in [0.05, 0.1) is 11.3 Å². The molecule has 0 bridgehead atoms. The first kappa shape index (κ1) is 22.4. The van der Waals surface area contributed by atoms with Crippen molar-refractivity contribution >= 4 is 15.9 Å². The van der Waals surface area contributed by atoms with Crippen molar-refractivity contribution < 1.29 is 17.6 Å². The van der Waals surface area contributed by atoms with Gasteiger partial charge >= 0.3 is 0 Å². The van der Waals surface area contributed by atoms with Crippen molar-refractivity contribution in [2.45, 2.75) is 49.8 Å². The van der Waals surface area contributed by atoms with Crippen LogP contribution >= 0.6 is 0 Å². The van der Waals surface area contributed by atoms with E-state index in [0.717, 1.165) is 24.8 Å². The number of carbonyl (C=O) groups excluding carboxylic acids is 1. The molecule has 0 spiro atoms. The lowest BCUT2D eigenvalue weighted by molar-refractivity contribution is -0.120. The summed E-state index contributed by atoms with van der Waals surface area (Å²) in [6, 6.07) is 13.0. The minimum absolute atomic E-state index is 0.136. The molecule has 1 N–H and O–H groups in total. The van der Waals surface area contributed by atoms with Crippen LogP contribution in [0.3, 0.4) is 0 Å². The van der Waals surface area contributed by atoms with Crippen molar-refractivity contribution in [2.75, 3.05) is 19.6 Å². The highest BCUT2D eigenvalue weighted by molar-refractivity contribution is 7.89. The van der Waals surface area contributed by atoms with Crippen LogP contribution in [0.15, 0.2) is 53.4 Å². The van der Waals surface area contributed by atoms with Gasteiger partial charge in [-0.05, 0) is 42.2 Å². The summed E-state index contributed by atoms with van der Waals surface area (Å²) in [5, 5.41) is 2.86. The third-order valence-corrected chi connectivity index (χ3v) is 7.48. The zero-order valence-corrected chi connectivity index (χ0v) is 18.3. The third kappa shape index (κ3) is 5.26. The summed E-state index contributed by atoms with van der Waals surface area (Å²) < 4.78 is 41.0. The minimum atomic E-state index is -3.47. The predicted molar refractivity (Wildman–Crippen MR) is 115 cm³/mol. The Kier molecular flexibility index (Phi) is 6.93. The van der Waals surface area contributed by atoms with E-state index in [1.54, 1.807) is 42.5 Å². The zero-order chi connectivity index (χ0) is 21.8. The number of benzene rings is 2. The van der Waals surface area contributed by atoms with Crippen LogP contribution < -0.4 is 5.32 Å². The fourth-order valence-electron chi connectivity index (χ4n) is 3.71. The Bertz CT molecular complexity index is 982. The number of nitrogens with one attached hydrogen (secondary N) is 1. The molecule has 0 aliphatic carbocycles. The molecule has 2 aromatic rings. The molecule has 2 aromatic carbocycles. The van der Waals surface area contributed by atoms with Crippen molar-refractivity contribution in [3.8, 4) is 0 Å². The highest BCUT2D eigenvalue weighted by Gasteiger charge is 2.26. The Labute approximate surface area is 178 Å². The number of amides is 1. The molecular formula is C23H29FN2O3S. The molecule has 1 aliphatic heterocycles. The molecule has 1 aliphatic rings. The Balaban J connectivity index is 1.59. The van der Waals surface area contributed by atoms with Crippen LogP contribution in [0.1, 0.15) is 44.2 Å². The van der Waals surface area contributed by atoms with E-state index in [1.807, 2.05) is 13.8 Å². The van der Waals surface area contributed by atoms with Gasteiger partial charge in [0.25, 0.3) is 0 Å². The quantitative estimate of drug-likeness (QED) is 0.727. The fraction of sp³-hybridized carbons (Fsp3) is 0.435. The largest absolute Gasteiger partial charge is 0.355 e. The van der Waals surface area contributed by atoms with Crippen LogP contribution in [-0.4, -0.2) is 38.3 Å². The molecule has 0 aromatic heterocycles. The molecule has 1 amide bonds. The van der Waals surface area contributed by atoms with Gasteiger partial charge in [-0.3, -0.25) is 4.79 Å². The molecule has 30 heavy (non-hydrogen) atoms. The topological polar surface area (TPSA) is 66.5 Å². The standard InChI is InChI=1S/C23H29FN2O3S/c1-23(2,20-8-4-5-9-21(20)24)17-25-22(27)16-18-10-12-19(13-11-18)30(28,29)26-14-6-3-7-15-26/h4-5,8-13H,3,6-7,14-17H2,1-2H3,(H,25,27). The van der Waals surface area contributed by atoms with Crippen LogP contribution in [0.25, 0.3) is 0 Å².